The lowest BCUT2D eigenvalue weighted by Crippen LogP contribution is -1.83. The van der Waals surface area contributed by atoms with E-state index >= 15 is 0 Å². The SMILES string of the molecule is C=O.CCc1cccc(CC)c1. The molecule has 0 amide bonds. The second kappa shape index (κ2) is 6.59. The molecule has 0 N–H and O–H groups in total. The Bertz CT molecular complexity index is 199. The molecule has 1 rings (SSSR count). The highest BCUT2D eigenvalue weighted by Crippen LogP contribution is 2.05. The summed E-state index contributed by atoms with van der Waals surface area (Å²) in [7, 11) is 0. The van der Waals surface area contributed by atoms with Gasteiger partial charge in [-0.15, -0.1) is 0 Å². The van der Waals surface area contributed by atoms with Gasteiger partial charge in [0.1, 0.15) is 6.79 Å². The third-order valence-corrected chi connectivity index (χ3v) is 1.81. The van der Waals surface area contributed by atoms with E-state index in [2.05, 4.69) is 38.1 Å². The zero-order valence-corrected chi connectivity index (χ0v) is 7.84. The highest BCUT2D eigenvalue weighted by atomic mass is 16.1. The van der Waals surface area contributed by atoms with Crippen molar-refractivity contribution in [3.63, 3.8) is 0 Å². The smallest absolute Gasteiger partial charge is 0.106 e. The molecule has 1 nitrogen and oxygen atoms in total. The first-order chi connectivity index (χ1) is 5.86. The average Bonchev–Trinajstić information content (AvgIpc) is 2.21. The van der Waals surface area contributed by atoms with Crippen LogP contribution >= 0.6 is 0 Å². The van der Waals surface area contributed by atoms with Gasteiger partial charge >= 0.3 is 0 Å². The molecular weight excluding hydrogens is 148 g/mol. The summed E-state index contributed by atoms with van der Waals surface area (Å²) in [6.45, 7) is 6.38. The maximum absolute atomic E-state index is 8.00. The normalized spacial score (nSPS) is 8.50. The summed E-state index contributed by atoms with van der Waals surface area (Å²) >= 11 is 0. The van der Waals surface area contributed by atoms with Crippen molar-refractivity contribution >= 4 is 6.79 Å². The molecule has 1 aromatic rings. The first-order valence-corrected chi connectivity index (χ1v) is 4.23. The second-order valence-electron chi connectivity index (χ2n) is 2.53. The maximum atomic E-state index is 8.00. The molecule has 1 aromatic carbocycles. The quantitative estimate of drug-likeness (QED) is 0.656. The van der Waals surface area contributed by atoms with Gasteiger partial charge in [0.2, 0.25) is 0 Å². The molecule has 0 unspecified atom stereocenters. The van der Waals surface area contributed by atoms with E-state index in [1.807, 2.05) is 6.79 Å². The van der Waals surface area contributed by atoms with Gasteiger partial charge in [0, 0.05) is 0 Å². The molecule has 0 fully saturated rings. The summed E-state index contributed by atoms with van der Waals surface area (Å²) < 4.78 is 0. The van der Waals surface area contributed by atoms with Crippen molar-refractivity contribution in [1.82, 2.24) is 0 Å². The van der Waals surface area contributed by atoms with Gasteiger partial charge in [-0.1, -0.05) is 38.1 Å². The molecule has 0 heterocycles. The second-order valence-corrected chi connectivity index (χ2v) is 2.53. The summed E-state index contributed by atoms with van der Waals surface area (Å²) in [4.78, 5) is 8.00. The zero-order valence-electron chi connectivity index (χ0n) is 7.84. The van der Waals surface area contributed by atoms with Crippen LogP contribution in [-0.4, -0.2) is 6.79 Å². The van der Waals surface area contributed by atoms with Crippen LogP contribution in [0.5, 0.6) is 0 Å². The molecule has 0 saturated carbocycles. The van der Waals surface area contributed by atoms with Crippen molar-refractivity contribution in [3.05, 3.63) is 35.4 Å². The summed E-state index contributed by atoms with van der Waals surface area (Å²) in [5, 5.41) is 0. The van der Waals surface area contributed by atoms with Crippen LogP contribution in [0, 0.1) is 0 Å². The number of rotatable bonds is 2. The standard InChI is InChI=1S/C10H14.CH2O/c1-3-9-6-5-7-10(4-2)8-9;1-2/h5-8H,3-4H2,1-2H3;1H2. The topological polar surface area (TPSA) is 17.1 Å². The maximum Gasteiger partial charge on any atom is 0.106 e. The molecule has 0 saturated heterocycles. The number of benzene rings is 1. The minimum atomic E-state index is 1.15. The number of aryl methyl sites for hydroxylation is 2. The van der Waals surface area contributed by atoms with E-state index in [4.69, 9.17) is 4.79 Å². The third-order valence-electron chi connectivity index (χ3n) is 1.81. The molecule has 0 aliphatic heterocycles. The fraction of sp³-hybridized carbons (Fsp3) is 0.364. The molecule has 66 valence electrons. The van der Waals surface area contributed by atoms with E-state index in [9.17, 15) is 0 Å². The van der Waals surface area contributed by atoms with Crippen LogP contribution in [0.3, 0.4) is 0 Å². The monoisotopic (exact) mass is 164 g/mol. The third kappa shape index (κ3) is 3.33. The first kappa shape index (κ1) is 10.9. The van der Waals surface area contributed by atoms with E-state index < -0.39 is 0 Å². The predicted molar refractivity (Wildman–Crippen MR) is 52.3 cm³/mol. The minimum Gasteiger partial charge on any atom is -0.307 e. The van der Waals surface area contributed by atoms with E-state index in [1.54, 1.807) is 0 Å². The van der Waals surface area contributed by atoms with Crippen LogP contribution in [0.2, 0.25) is 0 Å². The molecule has 12 heavy (non-hydrogen) atoms. The van der Waals surface area contributed by atoms with Gasteiger partial charge in [-0.2, -0.15) is 0 Å². The Labute approximate surface area is 74.4 Å². The number of carbonyl (C=O) groups excluding carboxylic acids is 1. The van der Waals surface area contributed by atoms with Gasteiger partial charge < -0.3 is 4.79 Å². The van der Waals surface area contributed by atoms with Crippen molar-refractivity contribution < 1.29 is 4.79 Å². The van der Waals surface area contributed by atoms with Crippen LogP contribution in [-0.2, 0) is 17.6 Å². The van der Waals surface area contributed by atoms with Crippen molar-refractivity contribution in [2.24, 2.45) is 0 Å². The Kier molecular flexibility index (Phi) is 5.98. The fourth-order valence-corrected chi connectivity index (χ4v) is 1.07. The van der Waals surface area contributed by atoms with Crippen LogP contribution in [0.15, 0.2) is 24.3 Å². The lowest BCUT2D eigenvalue weighted by Gasteiger charge is -1.98. The molecule has 0 aliphatic carbocycles. The van der Waals surface area contributed by atoms with Crippen LogP contribution in [0.1, 0.15) is 25.0 Å². The van der Waals surface area contributed by atoms with E-state index in [1.165, 1.54) is 11.1 Å². The van der Waals surface area contributed by atoms with Crippen LogP contribution in [0.4, 0.5) is 0 Å². The van der Waals surface area contributed by atoms with E-state index in [0.717, 1.165) is 12.8 Å². The molecule has 0 aliphatic rings. The number of carbonyl (C=O) groups is 1. The van der Waals surface area contributed by atoms with E-state index in [0.29, 0.717) is 0 Å². The fourth-order valence-electron chi connectivity index (χ4n) is 1.07. The van der Waals surface area contributed by atoms with Crippen molar-refractivity contribution in [3.8, 4) is 0 Å². The van der Waals surface area contributed by atoms with Crippen molar-refractivity contribution in [2.75, 3.05) is 0 Å². The Morgan fingerprint density at radius 3 is 1.83 bits per heavy atom. The van der Waals surface area contributed by atoms with Gasteiger partial charge in [-0.3, -0.25) is 0 Å². The van der Waals surface area contributed by atoms with Crippen LogP contribution < -0.4 is 0 Å². The predicted octanol–water partition coefficient (Wildman–Crippen LogP) is 2.63. The Morgan fingerprint density at radius 2 is 1.50 bits per heavy atom. The molecule has 0 radical (unpaired) electrons. The lowest BCUT2D eigenvalue weighted by molar-refractivity contribution is -0.0979. The highest BCUT2D eigenvalue weighted by molar-refractivity contribution is 5.23. The summed E-state index contributed by atoms with van der Waals surface area (Å²) in [6.07, 6.45) is 2.29. The summed E-state index contributed by atoms with van der Waals surface area (Å²) in [5.74, 6) is 0. The first-order valence-electron chi connectivity index (χ1n) is 4.23. The Balaban J connectivity index is 0.000000561. The number of hydrogen-bond donors (Lipinski definition) is 0. The largest absolute Gasteiger partial charge is 0.307 e. The van der Waals surface area contributed by atoms with Gasteiger partial charge in [0.15, 0.2) is 0 Å². The molecular formula is C11H16O. The van der Waals surface area contributed by atoms with E-state index in [-0.39, 0.29) is 0 Å². The van der Waals surface area contributed by atoms with Gasteiger partial charge in [-0.25, -0.2) is 0 Å². The average molecular weight is 164 g/mol. The van der Waals surface area contributed by atoms with Gasteiger partial charge in [0.05, 0.1) is 0 Å². The van der Waals surface area contributed by atoms with Crippen molar-refractivity contribution in [2.45, 2.75) is 26.7 Å². The van der Waals surface area contributed by atoms with Crippen LogP contribution in [0.25, 0.3) is 0 Å². The minimum absolute atomic E-state index is 1.15. The summed E-state index contributed by atoms with van der Waals surface area (Å²) in [6, 6.07) is 8.77. The highest BCUT2D eigenvalue weighted by Gasteiger charge is 1.89. The molecule has 0 spiro atoms. The zero-order chi connectivity index (χ0) is 9.40. The van der Waals surface area contributed by atoms with Gasteiger partial charge in [-0.05, 0) is 24.0 Å². The Hall–Kier alpha value is -1.11. The molecule has 0 bridgehead atoms. The Morgan fingerprint density at radius 1 is 1.08 bits per heavy atom. The molecule has 0 atom stereocenters. The molecule has 0 aromatic heterocycles. The summed E-state index contributed by atoms with van der Waals surface area (Å²) in [5.41, 5.74) is 2.89. The lowest BCUT2D eigenvalue weighted by atomic mass is 10.1. The van der Waals surface area contributed by atoms with Gasteiger partial charge in [0.25, 0.3) is 0 Å². The number of hydrogen-bond acceptors (Lipinski definition) is 1. The molecule has 1 heteroatoms. The van der Waals surface area contributed by atoms with Crippen molar-refractivity contribution in [1.29, 1.82) is 0 Å².